The smallest absolute Gasteiger partial charge is 0.313 e. The van der Waals surface area contributed by atoms with Gasteiger partial charge in [0.05, 0.1) is 30.9 Å². The highest BCUT2D eigenvalue weighted by molar-refractivity contribution is 7.99. The maximum absolute atomic E-state index is 10.9. The number of aliphatic carboxylic acids is 1. The minimum atomic E-state index is -0.981. The van der Waals surface area contributed by atoms with Crippen LogP contribution in [0, 0.1) is 6.92 Å². The number of carboxylic acid groups (broad SMARTS) is 1. The van der Waals surface area contributed by atoms with E-state index in [-0.39, 0.29) is 11.5 Å². The number of hydrogen-bond donors (Lipinski definition) is 2. The van der Waals surface area contributed by atoms with Crippen molar-refractivity contribution < 1.29 is 24.2 Å². The molecule has 0 saturated carbocycles. The fraction of sp³-hybridized carbons (Fsp3) is 0.176. The third-order valence-corrected chi connectivity index (χ3v) is 4.50. The highest BCUT2D eigenvalue weighted by Gasteiger charge is 2.18. The number of carbonyl (C=O) groups is 1. The van der Waals surface area contributed by atoms with E-state index in [1.165, 1.54) is 24.3 Å². The lowest BCUT2D eigenvalue weighted by Crippen LogP contribution is -2.02. The Morgan fingerprint density at radius 3 is 2.89 bits per heavy atom. The van der Waals surface area contributed by atoms with Gasteiger partial charge in [-0.3, -0.25) is 4.79 Å². The van der Waals surface area contributed by atoms with Crippen molar-refractivity contribution in [2.45, 2.75) is 12.1 Å². The third kappa shape index (κ3) is 3.95. The molecular formula is C17H16N4O5S. The van der Waals surface area contributed by atoms with Crippen molar-refractivity contribution in [1.82, 2.24) is 14.9 Å². The number of rotatable bonds is 7. The van der Waals surface area contributed by atoms with Gasteiger partial charge in [0.2, 0.25) is 5.16 Å². The van der Waals surface area contributed by atoms with E-state index in [0.717, 1.165) is 11.8 Å². The van der Waals surface area contributed by atoms with E-state index in [2.05, 4.69) is 15.3 Å². The Kier molecular flexibility index (Phi) is 5.46. The molecule has 3 aromatic rings. The molecule has 27 heavy (non-hydrogen) atoms. The molecule has 0 aliphatic rings. The number of thioether (sulfide) groups is 1. The Bertz CT molecular complexity index is 995. The third-order valence-electron chi connectivity index (χ3n) is 3.60. The molecule has 0 aliphatic carbocycles. The van der Waals surface area contributed by atoms with Crippen molar-refractivity contribution in [1.29, 1.82) is 0 Å². The second kappa shape index (κ2) is 7.96. The molecule has 0 fully saturated rings. The number of phenols is 1. The van der Waals surface area contributed by atoms with Crippen molar-refractivity contribution in [3.63, 3.8) is 0 Å². The first kappa shape index (κ1) is 18.5. The molecule has 10 heteroatoms. The van der Waals surface area contributed by atoms with Gasteiger partial charge in [-0.1, -0.05) is 17.8 Å². The Hall–Kier alpha value is -3.27. The number of carboxylic acids is 1. The van der Waals surface area contributed by atoms with Crippen molar-refractivity contribution in [2.75, 3.05) is 12.9 Å². The number of benzene rings is 1. The maximum Gasteiger partial charge on any atom is 0.313 e. The Morgan fingerprint density at radius 2 is 2.22 bits per heavy atom. The first-order chi connectivity index (χ1) is 13.0. The standard InChI is InChI=1S/C17H16N4O5S/c1-10-12(6-7-26-10)16-19-20-17(27-9-14(22)23)21(16)18-8-11-4-3-5-13(25-2)15(11)24/h3-8,24H,9H2,1-2H3,(H,22,23)/b18-8+. The van der Waals surface area contributed by atoms with Gasteiger partial charge in [-0.25, -0.2) is 0 Å². The molecule has 0 amide bonds. The predicted octanol–water partition coefficient (Wildman–Crippen LogP) is 2.62. The van der Waals surface area contributed by atoms with Crippen LogP contribution in [0.2, 0.25) is 0 Å². The lowest BCUT2D eigenvalue weighted by atomic mass is 10.2. The van der Waals surface area contributed by atoms with E-state index in [9.17, 15) is 9.90 Å². The molecule has 9 nitrogen and oxygen atoms in total. The number of aromatic hydroxyl groups is 1. The zero-order valence-electron chi connectivity index (χ0n) is 14.5. The zero-order chi connectivity index (χ0) is 19.4. The summed E-state index contributed by atoms with van der Waals surface area (Å²) in [6.45, 7) is 1.77. The van der Waals surface area contributed by atoms with Gasteiger partial charge in [0.1, 0.15) is 5.76 Å². The number of phenolic OH excluding ortho intramolecular Hbond substituents is 1. The van der Waals surface area contributed by atoms with Crippen LogP contribution in [0.15, 0.2) is 45.2 Å². The highest BCUT2D eigenvalue weighted by Crippen LogP contribution is 2.29. The molecule has 0 radical (unpaired) electrons. The molecular weight excluding hydrogens is 372 g/mol. The lowest BCUT2D eigenvalue weighted by molar-refractivity contribution is -0.133. The molecule has 3 rings (SSSR count). The van der Waals surface area contributed by atoms with Gasteiger partial charge in [-0.2, -0.15) is 9.78 Å². The summed E-state index contributed by atoms with van der Waals surface area (Å²) in [7, 11) is 1.45. The summed E-state index contributed by atoms with van der Waals surface area (Å²) in [5, 5.41) is 31.9. The van der Waals surface area contributed by atoms with Gasteiger partial charge in [-0.05, 0) is 25.1 Å². The summed E-state index contributed by atoms with van der Waals surface area (Å²) in [6.07, 6.45) is 2.94. The van der Waals surface area contributed by atoms with Crippen LogP contribution in [0.5, 0.6) is 11.5 Å². The number of nitrogens with zero attached hydrogens (tertiary/aromatic N) is 4. The number of methoxy groups -OCH3 is 1. The molecule has 0 aliphatic heterocycles. The number of aryl methyl sites for hydroxylation is 1. The van der Waals surface area contributed by atoms with Crippen LogP contribution in [0.4, 0.5) is 0 Å². The fourth-order valence-electron chi connectivity index (χ4n) is 2.30. The summed E-state index contributed by atoms with van der Waals surface area (Å²) in [6, 6.07) is 6.73. The van der Waals surface area contributed by atoms with E-state index in [4.69, 9.17) is 14.3 Å². The van der Waals surface area contributed by atoms with E-state index >= 15 is 0 Å². The van der Waals surface area contributed by atoms with E-state index in [0.29, 0.717) is 33.6 Å². The molecule has 1 aromatic carbocycles. The summed E-state index contributed by atoms with van der Waals surface area (Å²) in [5.74, 6) is 0.102. The number of para-hydroxylation sites is 1. The number of furan rings is 1. The first-order valence-electron chi connectivity index (χ1n) is 7.76. The Morgan fingerprint density at radius 1 is 1.41 bits per heavy atom. The topological polar surface area (TPSA) is 123 Å². The summed E-state index contributed by atoms with van der Waals surface area (Å²) < 4.78 is 11.8. The summed E-state index contributed by atoms with van der Waals surface area (Å²) in [4.78, 5) is 10.9. The van der Waals surface area contributed by atoms with Gasteiger partial charge < -0.3 is 19.4 Å². The molecule has 0 atom stereocenters. The molecule has 0 spiro atoms. The van der Waals surface area contributed by atoms with Crippen LogP contribution in [-0.4, -0.2) is 50.1 Å². The molecule has 0 saturated heterocycles. The average Bonchev–Trinajstić information content (AvgIpc) is 3.24. The quantitative estimate of drug-likeness (QED) is 0.468. The van der Waals surface area contributed by atoms with Crippen LogP contribution >= 0.6 is 11.8 Å². The van der Waals surface area contributed by atoms with Crippen LogP contribution in [-0.2, 0) is 4.79 Å². The van der Waals surface area contributed by atoms with Gasteiger partial charge in [0, 0.05) is 5.56 Å². The minimum Gasteiger partial charge on any atom is -0.504 e. The number of aromatic nitrogens is 3. The van der Waals surface area contributed by atoms with Crippen LogP contribution in [0.1, 0.15) is 11.3 Å². The Labute approximate surface area is 158 Å². The van der Waals surface area contributed by atoms with Gasteiger partial charge in [-0.15, -0.1) is 10.2 Å². The average molecular weight is 388 g/mol. The lowest BCUT2D eigenvalue weighted by Gasteiger charge is -2.06. The number of hydrogen-bond acceptors (Lipinski definition) is 8. The van der Waals surface area contributed by atoms with Crippen LogP contribution in [0.25, 0.3) is 11.4 Å². The highest BCUT2D eigenvalue weighted by atomic mass is 32.2. The van der Waals surface area contributed by atoms with Gasteiger partial charge in [0.25, 0.3) is 0 Å². The minimum absolute atomic E-state index is 0.0578. The Balaban J connectivity index is 2.03. The van der Waals surface area contributed by atoms with Crippen molar-refractivity contribution in [3.8, 4) is 22.9 Å². The van der Waals surface area contributed by atoms with E-state index in [1.807, 2.05) is 0 Å². The second-order valence-corrected chi connectivity index (χ2v) is 6.28. The molecule has 2 aromatic heterocycles. The van der Waals surface area contributed by atoms with Gasteiger partial charge in [0.15, 0.2) is 17.3 Å². The predicted molar refractivity (Wildman–Crippen MR) is 98.5 cm³/mol. The summed E-state index contributed by atoms with van der Waals surface area (Å²) in [5.41, 5.74) is 1.10. The maximum atomic E-state index is 10.9. The molecule has 0 unspecified atom stereocenters. The first-order valence-corrected chi connectivity index (χ1v) is 8.74. The van der Waals surface area contributed by atoms with E-state index < -0.39 is 5.97 Å². The van der Waals surface area contributed by atoms with Crippen molar-refractivity contribution >= 4 is 23.9 Å². The second-order valence-electron chi connectivity index (χ2n) is 5.33. The monoisotopic (exact) mass is 388 g/mol. The SMILES string of the molecule is COc1cccc(/C=N/n2c(SCC(=O)O)nnc2-c2ccoc2C)c1O. The normalized spacial score (nSPS) is 11.2. The molecule has 0 bridgehead atoms. The number of ether oxygens (including phenoxy) is 1. The van der Waals surface area contributed by atoms with Crippen molar-refractivity contribution in [3.05, 3.63) is 41.9 Å². The molecule has 2 heterocycles. The van der Waals surface area contributed by atoms with Crippen molar-refractivity contribution in [2.24, 2.45) is 5.10 Å². The van der Waals surface area contributed by atoms with Crippen LogP contribution < -0.4 is 4.74 Å². The van der Waals surface area contributed by atoms with E-state index in [1.54, 1.807) is 31.2 Å². The molecule has 2 N–H and O–H groups in total. The molecule has 140 valence electrons. The summed E-state index contributed by atoms with van der Waals surface area (Å²) >= 11 is 0.984. The fourth-order valence-corrected chi connectivity index (χ4v) is 2.91. The largest absolute Gasteiger partial charge is 0.504 e. The van der Waals surface area contributed by atoms with Crippen LogP contribution in [0.3, 0.4) is 0 Å². The van der Waals surface area contributed by atoms with Gasteiger partial charge >= 0.3 is 5.97 Å². The zero-order valence-corrected chi connectivity index (χ0v) is 15.3.